The minimum Gasteiger partial charge on any atom is -0.478 e. The fourth-order valence-electron chi connectivity index (χ4n) is 2.34. The van der Waals surface area contributed by atoms with Gasteiger partial charge in [0.2, 0.25) is 0 Å². The van der Waals surface area contributed by atoms with E-state index >= 15 is 0 Å². The summed E-state index contributed by atoms with van der Waals surface area (Å²) in [7, 11) is 0. The topological polar surface area (TPSA) is 99.3 Å². The molecule has 3 rings (SSSR count). The lowest BCUT2D eigenvalue weighted by molar-refractivity contribution is 0.0687. The molecule has 0 atom stereocenters. The predicted octanol–water partition coefficient (Wildman–Crippen LogP) is 4.65. The van der Waals surface area contributed by atoms with E-state index < -0.39 is 11.9 Å². The molecule has 0 saturated carbocycles. The van der Waals surface area contributed by atoms with Gasteiger partial charge in [-0.2, -0.15) is 5.11 Å². The highest BCUT2D eigenvalue weighted by molar-refractivity contribution is 6.07. The van der Waals surface area contributed by atoms with Gasteiger partial charge in [0, 0.05) is 5.39 Å². The molecule has 0 unspecified atom stereocenters. The molecular formula is C18H12N2O4. The molecule has 0 aliphatic carbocycles. The molecule has 0 radical (unpaired) electrons. The average molecular weight is 320 g/mol. The van der Waals surface area contributed by atoms with Crippen molar-refractivity contribution in [2.75, 3.05) is 0 Å². The lowest BCUT2D eigenvalue weighted by atomic mass is 10.0. The Balaban J connectivity index is 1.99. The Morgan fingerprint density at radius 3 is 2.00 bits per heavy atom. The molecule has 118 valence electrons. The first kappa shape index (κ1) is 15.4. The Labute approximate surface area is 136 Å². The number of aromatic carboxylic acids is 2. The van der Waals surface area contributed by atoms with Crippen LogP contribution in [0, 0.1) is 0 Å². The fourth-order valence-corrected chi connectivity index (χ4v) is 2.34. The molecule has 0 saturated heterocycles. The van der Waals surface area contributed by atoms with Crippen molar-refractivity contribution >= 4 is 34.1 Å². The van der Waals surface area contributed by atoms with Crippen molar-refractivity contribution in [3.8, 4) is 0 Å². The van der Waals surface area contributed by atoms with E-state index in [0.29, 0.717) is 22.1 Å². The molecule has 0 amide bonds. The quantitative estimate of drug-likeness (QED) is 0.683. The molecule has 0 fully saturated rings. The number of hydrogen-bond donors (Lipinski definition) is 2. The second-order valence-corrected chi connectivity index (χ2v) is 5.04. The van der Waals surface area contributed by atoms with E-state index in [1.807, 2.05) is 0 Å². The summed E-state index contributed by atoms with van der Waals surface area (Å²) in [5.41, 5.74) is 1.42. The zero-order chi connectivity index (χ0) is 17.1. The highest BCUT2D eigenvalue weighted by Crippen LogP contribution is 2.30. The maximum absolute atomic E-state index is 11.3. The molecule has 0 aromatic heterocycles. The second kappa shape index (κ2) is 6.29. The highest BCUT2D eigenvalue weighted by atomic mass is 16.4. The summed E-state index contributed by atoms with van der Waals surface area (Å²) in [5.74, 6) is -2.01. The number of carboxylic acids is 2. The van der Waals surface area contributed by atoms with Crippen LogP contribution in [0.4, 0.5) is 11.4 Å². The molecule has 2 N–H and O–H groups in total. The van der Waals surface area contributed by atoms with Crippen LogP contribution in [0.5, 0.6) is 0 Å². The van der Waals surface area contributed by atoms with Crippen LogP contribution >= 0.6 is 0 Å². The summed E-state index contributed by atoms with van der Waals surface area (Å²) in [6.45, 7) is 0. The third-order valence-corrected chi connectivity index (χ3v) is 3.52. The van der Waals surface area contributed by atoms with Gasteiger partial charge in [-0.25, -0.2) is 9.59 Å². The fraction of sp³-hybridized carbons (Fsp3) is 0. The Morgan fingerprint density at radius 1 is 0.708 bits per heavy atom. The number of carbonyl (C=O) groups is 2. The number of carboxylic acid groups (broad SMARTS) is 2. The van der Waals surface area contributed by atoms with Gasteiger partial charge in [-0.1, -0.05) is 24.3 Å². The van der Waals surface area contributed by atoms with Crippen molar-refractivity contribution in [2.45, 2.75) is 0 Å². The molecule has 0 aliphatic heterocycles. The van der Waals surface area contributed by atoms with Gasteiger partial charge < -0.3 is 10.2 Å². The van der Waals surface area contributed by atoms with Crippen molar-refractivity contribution in [3.63, 3.8) is 0 Å². The summed E-state index contributed by atoms with van der Waals surface area (Å²) in [6, 6.07) is 16.2. The second-order valence-electron chi connectivity index (χ2n) is 5.04. The van der Waals surface area contributed by atoms with Crippen LogP contribution in [0.25, 0.3) is 10.8 Å². The first-order valence-corrected chi connectivity index (χ1v) is 7.06. The van der Waals surface area contributed by atoms with E-state index in [9.17, 15) is 14.7 Å². The van der Waals surface area contributed by atoms with Crippen molar-refractivity contribution in [1.82, 2.24) is 0 Å². The van der Waals surface area contributed by atoms with Gasteiger partial charge in [0.1, 0.15) is 0 Å². The molecule has 3 aromatic carbocycles. The Kier molecular flexibility index (Phi) is 4.03. The van der Waals surface area contributed by atoms with E-state index in [1.165, 1.54) is 18.2 Å². The Bertz CT molecular complexity index is 962. The summed E-state index contributed by atoms with van der Waals surface area (Å²) in [6.07, 6.45) is 0. The van der Waals surface area contributed by atoms with Gasteiger partial charge >= 0.3 is 11.9 Å². The van der Waals surface area contributed by atoms with Gasteiger partial charge in [-0.05, 0) is 41.8 Å². The molecule has 0 heterocycles. The number of azo groups is 1. The van der Waals surface area contributed by atoms with Crippen LogP contribution in [0.2, 0.25) is 0 Å². The number of benzene rings is 3. The minimum atomic E-state index is -1.01. The van der Waals surface area contributed by atoms with Gasteiger partial charge in [0.05, 0.1) is 22.5 Å². The molecule has 24 heavy (non-hydrogen) atoms. The van der Waals surface area contributed by atoms with E-state index in [4.69, 9.17) is 5.11 Å². The summed E-state index contributed by atoms with van der Waals surface area (Å²) < 4.78 is 0. The van der Waals surface area contributed by atoms with Crippen LogP contribution in [0.15, 0.2) is 70.9 Å². The maximum atomic E-state index is 11.3. The van der Waals surface area contributed by atoms with E-state index in [2.05, 4.69) is 10.2 Å². The number of fused-ring (bicyclic) bond motifs is 1. The first-order valence-electron chi connectivity index (χ1n) is 7.06. The van der Waals surface area contributed by atoms with E-state index in [-0.39, 0.29) is 11.1 Å². The molecule has 6 heteroatoms. The zero-order valence-electron chi connectivity index (χ0n) is 12.4. The van der Waals surface area contributed by atoms with Crippen molar-refractivity contribution in [3.05, 3.63) is 71.8 Å². The van der Waals surface area contributed by atoms with Crippen LogP contribution in [-0.2, 0) is 0 Å². The predicted molar refractivity (Wildman–Crippen MR) is 88.5 cm³/mol. The molecular weight excluding hydrogens is 308 g/mol. The lowest BCUT2D eigenvalue weighted by Gasteiger charge is -2.04. The zero-order valence-corrected chi connectivity index (χ0v) is 12.4. The monoisotopic (exact) mass is 320 g/mol. The Hall–Kier alpha value is -3.54. The average Bonchev–Trinajstić information content (AvgIpc) is 2.59. The normalized spacial score (nSPS) is 11.0. The van der Waals surface area contributed by atoms with Crippen molar-refractivity contribution in [1.29, 1.82) is 0 Å². The smallest absolute Gasteiger partial charge is 0.336 e. The lowest BCUT2D eigenvalue weighted by Crippen LogP contribution is -1.96. The van der Waals surface area contributed by atoms with Gasteiger partial charge in [0.25, 0.3) is 0 Å². The number of nitrogens with zero attached hydrogens (tertiary/aromatic N) is 2. The molecule has 0 spiro atoms. The molecule has 6 nitrogen and oxygen atoms in total. The molecule has 0 bridgehead atoms. The van der Waals surface area contributed by atoms with Gasteiger partial charge in [-0.15, -0.1) is 5.11 Å². The molecule has 0 aliphatic rings. The standard InChI is InChI=1S/C18H12N2O4/c21-17(22)11-5-7-12(8-6-11)19-20-16-10-9-15(18(23)24)13-3-1-2-4-14(13)16/h1-10H,(H,21,22)(H,23,24). The van der Waals surface area contributed by atoms with Crippen molar-refractivity contribution < 1.29 is 19.8 Å². The van der Waals surface area contributed by atoms with Crippen LogP contribution in [-0.4, -0.2) is 22.2 Å². The SMILES string of the molecule is O=C(O)c1ccc(N=Nc2ccc(C(=O)O)c3ccccc23)cc1. The largest absolute Gasteiger partial charge is 0.478 e. The summed E-state index contributed by atoms with van der Waals surface area (Å²) in [5, 5.41) is 27.6. The summed E-state index contributed by atoms with van der Waals surface area (Å²) in [4.78, 5) is 22.1. The van der Waals surface area contributed by atoms with E-state index in [1.54, 1.807) is 42.5 Å². The van der Waals surface area contributed by atoms with Crippen LogP contribution in [0.1, 0.15) is 20.7 Å². The summed E-state index contributed by atoms with van der Waals surface area (Å²) >= 11 is 0. The molecule has 3 aromatic rings. The van der Waals surface area contributed by atoms with Crippen LogP contribution < -0.4 is 0 Å². The third-order valence-electron chi connectivity index (χ3n) is 3.52. The van der Waals surface area contributed by atoms with Gasteiger partial charge in [0.15, 0.2) is 0 Å². The maximum Gasteiger partial charge on any atom is 0.336 e. The third kappa shape index (κ3) is 2.98. The minimum absolute atomic E-state index is 0.171. The van der Waals surface area contributed by atoms with Crippen LogP contribution in [0.3, 0.4) is 0 Å². The van der Waals surface area contributed by atoms with E-state index in [0.717, 1.165) is 0 Å². The number of hydrogen-bond acceptors (Lipinski definition) is 4. The van der Waals surface area contributed by atoms with Gasteiger partial charge in [-0.3, -0.25) is 0 Å². The number of rotatable bonds is 4. The highest BCUT2D eigenvalue weighted by Gasteiger charge is 2.10. The van der Waals surface area contributed by atoms with Crippen molar-refractivity contribution in [2.24, 2.45) is 10.2 Å². The Morgan fingerprint density at radius 2 is 1.38 bits per heavy atom. The first-order chi connectivity index (χ1) is 11.6.